The van der Waals surface area contributed by atoms with Crippen LogP contribution < -0.4 is 16.0 Å². The Hall–Kier alpha value is -2.89. The number of carbonyl (C=O) groups is 2. The number of rotatable bonds is 4. The molecule has 2 rings (SSSR count). The first-order valence-electron chi connectivity index (χ1n) is 6.81. The molecule has 114 valence electrons. The molecule has 0 aromatic heterocycles. The van der Waals surface area contributed by atoms with E-state index in [1.807, 2.05) is 6.92 Å². The molecule has 0 aliphatic heterocycles. The lowest BCUT2D eigenvalue weighted by atomic mass is 10.1. The van der Waals surface area contributed by atoms with E-state index in [4.69, 9.17) is 0 Å². The lowest BCUT2D eigenvalue weighted by Gasteiger charge is -2.11. The Morgan fingerprint density at radius 3 is 2.55 bits per heavy atom. The Kier molecular flexibility index (Phi) is 5.08. The zero-order valence-electron chi connectivity index (χ0n) is 12.0. The van der Waals surface area contributed by atoms with Gasteiger partial charge in [-0.2, -0.15) is 0 Å². The lowest BCUT2D eigenvalue weighted by molar-refractivity contribution is 0.0956. The van der Waals surface area contributed by atoms with Crippen molar-refractivity contribution in [1.82, 2.24) is 5.32 Å². The van der Waals surface area contributed by atoms with Gasteiger partial charge >= 0.3 is 6.03 Å². The van der Waals surface area contributed by atoms with E-state index in [1.165, 1.54) is 18.2 Å². The third-order valence-electron chi connectivity index (χ3n) is 2.84. The summed E-state index contributed by atoms with van der Waals surface area (Å²) in [6, 6.07) is 11.6. The normalized spacial score (nSPS) is 9.91. The van der Waals surface area contributed by atoms with Crippen LogP contribution in [0.3, 0.4) is 0 Å². The second-order valence-electron chi connectivity index (χ2n) is 4.49. The maximum absolute atomic E-state index is 13.1. The molecule has 22 heavy (non-hydrogen) atoms. The number of amides is 3. The Balaban J connectivity index is 2.10. The van der Waals surface area contributed by atoms with Gasteiger partial charge in [0, 0.05) is 12.2 Å². The van der Waals surface area contributed by atoms with Crippen LogP contribution in [0.5, 0.6) is 0 Å². The molecule has 3 N–H and O–H groups in total. The van der Waals surface area contributed by atoms with Gasteiger partial charge in [-0.1, -0.05) is 18.2 Å². The van der Waals surface area contributed by atoms with E-state index >= 15 is 0 Å². The predicted octanol–water partition coefficient (Wildman–Crippen LogP) is 3.22. The van der Waals surface area contributed by atoms with Crippen LogP contribution >= 0.6 is 0 Å². The monoisotopic (exact) mass is 301 g/mol. The fourth-order valence-corrected chi connectivity index (χ4v) is 1.90. The average Bonchev–Trinajstić information content (AvgIpc) is 2.48. The molecule has 0 bridgehead atoms. The van der Waals surface area contributed by atoms with E-state index in [9.17, 15) is 14.0 Å². The topological polar surface area (TPSA) is 70.2 Å². The fraction of sp³-hybridized carbons (Fsp3) is 0.125. The number of para-hydroxylation sites is 1. The standard InChI is InChI=1S/C16H16FN3O2/c1-2-18-15(21)13-8-3-4-9-14(13)20-16(22)19-12-7-5-6-11(17)10-12/h3-10H,2H2,1H3,(H,18,21)(H2,19,20,22). The fourth-order valence-electron chi connectivity index (χ4n) is 1.90. The molecule has 0 spiro atoms. The van der Waals surface area contributed by atoms with E-state index in [0.717, 1.165) is 0 Å². The van der Waals surface area contributed by atoms with Gasteiger partial charge in [-0.05, 0) is 37.3 Å². The summed E-state index contributed by atoms with van der Waals surface area (Å²) in [5.41, 5.74) is 1.06. The summed E-state index contributed by atoms with van der Waals surface area (Å²) in [6.45, 7) is 2.30. The highest BCUT2D eigenvalue weighted by Crippen LogP contribution is 2.16. The molecule has 0 atom stereocenters. The first kappa shape index (κ1) is 15.5. The van der Waals surface area contributed by atoms with Crippen LogP contribution in [0.1, 0.15) is 17.3 Å². The molecule has 0 heterocycles. The molecule has 0 radical (unpaired) electrons. The molecule has 5 nitrogen and oxygen atoms in total. The minimum Gasteiger partial charge on any atom is -0.352 e. The quantitative estimate of drug-likeness (QED) is 0.811. The van der Waals surface area contributed by atoms with Gasteiger partial charge in [0.05, 0.1) is 11.3 Å². The maximum atomic E-state index is 13.1. The van der Waals surface area contributed by atoms with Crippen LogP contribution in [-0.4, -0.2) is 18.5 Å². The van der Waals surface area contributed by atoms with Crippen LogP contribution in [-0.2, 0) is 0 Å². The molecule has 6 heteroatoms. The Labute approximate surface area is 127 Å². The SMILES string of the molecule is CCNC(=O)c1ccccc1NC(=O)Nc1cccc(F)c1. The first-order valence-corrected chi connectivity index (χ1v) is 6.81. The third-order valence-corrected chi connectivity index (χ3v) is 2.84. The number of carbonyl (C=O) groups excluding carboxylic acids is 2. The van der Waals surface area contributed by atoms with Crippen molar-refractivity contribution in [2.45, 2.75) is 6.92 Å². The van der Waals surface area contributed by atoms with Gasteiger partial charge < -0.3 is 16.0 Å². The highest BCUT2D eigenvalue weighted by molar-refractivity contribution is 6.06. The minimum absolute atomic E-state index is 0.274. The average molecular weight is 301 g/mol. The summed E-state index contributed by atoms with van der Waals surface area (Å²) in [5.74, 6) is -0.718. The molecule has 3 amide bonds. The molecule has 0 saturated carbocycles. The molecular weight excluding hydrogens is 285 g/mol. The summed E-state index contributed by atoms with van der Waals surface area (Å²) >= 11 is 0. The molecular formula is C16H16FN3O2. The predicted molar refractivity (Wildman–Crippen MR) is 83.5 cm³/mol. The molecule has 0 aliphatic rings. The van der Waals surface area contributed by atoms with Gasteiger partial charge in [0.2, 0.25) is 0 Å². The number of nitrogens with one attached hydrogen (secondary N) is 3. The largest absolute Gasteiger partial charge is 0.352 e. The number of urea groups is 1. The Morgan fingerprint density at radius 2 is 1.82 bits per heavy atom. The molecule has 0 aliphatic carbocycles. The van der Waals surface area contributed by atoms with Crippen molar-refractivity contribution in [3.05, 3.63) is 59.9 Å². The molecule has 0 fully saturated rings. The molecule has 0 saturated heterocycles. The van der Waals surface area contributed by atoms with E-state index < -0.39 is 11.8 Å². The highest BCUT2D eigenvalue weighted by Gasteiger charge is 2.12. The van der Waals surface area contributed by atoms with Crippen LogP contribution in [0.15, 0.2) is 48.5 Å². The van der Waals surface area contributed by atoms with Crippen molar-refractivity contribution in [2.24, 2.45) is 0 Å². The van der Waals surface area contributed by atoms with Crippen LogP contribution in [0.2, 0.25) is 0 Å². The second kappa shape index (κ2) is 7.21. The number of benzene rings is 2. The van der Waals surface area contributed by atoms with Crippen molar-refractivity contribution in [2.75, 3.05) is 17.2 Å². The maximum Gasteiger partial charge on any atom is 0.323 e. The summed E-state index contributed by atoms with van der Waals surface area (Å²) in [5, 5.41) is 7.76. The van der Waals surface area contributed by atoms with Gasteiger partial charge in [0.15, 0.2) is 0 Å². The van der Waals surface area contributed by atoms with Gasteiger partial charge in [-0.15, -0.1) is 0 Å². The van der Waals surface area contributed by atoms with Gasteiger partial charge in [0.25, 0.3) is 5.91 Å². The van der Waals surface area contributed by atoms with Gasteiger partial charge in [-0.3, -0.25) is 4.79 Å². The minimum atomic E-state index is -0.553. The van der Waals surface area contributed by atoms with E-state index in [-0.39, 0.29) is 5.91 Å². The van der Waals surface area contributed by atoms with Crippen LogP contribution in [0, 0.1) is 5.82 Å². The number of anilines is 2. The second-order valence-corrected chi connectivity index (χ2v) is 4.49. The van der Waals surface area contributed by atoms with Crippen molar-refractivity contribution in [1.29, 1.82) is 0 Å². The van der Waals surface area contributed by atoms with Gasteiger partial charge in [-0.25, -0.2) is 9.18 Å². The number of hydrogen-bond donors (Lipinski definition) is 3. The third kappa shape index (κ3) is 4.05. The lowest BCUT2D eigenvalue weighted by Crippen LogP contribution is -2.26. The zero-order chi connectivity index (χ0) is 15.9. The van der Waals surface area contributed by atoms with Crippen molar-refractivity contribution < 1.29 is 14.0 Å². The molecule has 2 aromatic carbocycles. The molecule has 0 unspecified atom stereocenters. The summed E-state index contributed by atoms with van der Waals surface area (Å²) in [7, 11) is 0. The van der Waals surface area contributed by atoms with Gasteiger partial charge in [0.1, 0.15) is 5.82 Å². The Morgan fingerprint density at radius 1 is 1.05 bits per heavy atom. The summed E-state index contributed by atoms with van der Waals surface area (Å²) < 4.78 is 13.1. The van der Waals surface area contributed by atoms with Crippen molar-refractivity contribution in [3.63, 3.8) is 0 Å². The van der Waals surface area contributed by atoms with Crippen molar-refractivity contribution >= 4 is 23.3 Å². The van der Waals surface area contributed by atoms with Crippen LogP contribution in [0.4, 0.5) is 20.6 Å². The Bertz CT molecular complexity index is 689. The smallest absolute Gasteiger partial charge is 0.323 e. The number of hydrogen-bond acceptors (Lipinski definition) is 2. The highest BCUT2D eigenvalue weighted by atomic mass is 19.1. The first-order chi connectivity index (χ1) is 10.6. The van der Waals surface area contributed by atoms with E-state index in [2.05, 4.69) is 16.0 Å². The van der Waals surface area contributed by atoms with Crippen molar-refractivity contribution in [3.8, 4) is 0 Å². The molecule has 2 aromatic rings. The van der Waals surface area contributed by atoms with E-state index in [0.29, 0.717) is 23.5 Å². The zero-order valence-corrected chi connectivity index (χ0v) is 12.0. The van der Waals surface area contributed by atoms with Crippen LogP contribution in [0.25, 0.3) is 0 Å². The van der Waals surface area contributed by atoms with E-state index in [1.54, 1.807) is 30.3 Å². The summed E-state index contributed by atoms with van der Waals surface area (Å²) in [4.78, 5) is 23.9. The summed E-state index contributed by atoms with van der Waals surface area (Å²) in [6.07, 6.45) is 0. The number of halogens is 1.